The van der Waals surface area contributed by atoms with Gasteiger partial charge in [0.15, 0.2) is 0 Å². The molecule has 0 saturated heterocycles. The predicted molar refractivity (Wildman–Crippen MR) is 82.6 cm³/mol. The molecule has 2 aromatic carbocycles. The second-order valence-corrected chi connectivity index (χ2v) is 5.51. The summed E-state index contributed by atoms with van der Waals surface area (Å²) in [5.74, 6) is 0.846. The molecule has 0 fully saturated rings. The lowest BCUT2D eigenvalue weighted by atomic mass is 9.96. The molecule has 19 heavy (non-hydrogen) atoms. The minimum absolute atomic E-state index is 0.114. The SMILES string of the molecule is COc1ccc(C(N)c2cc(C)c(Br)c(C)c2)cc1. The van der Waals surface area contributed by atoms with Crippen LogP contribution in [0.15, 0.2) is 40.9 Å². The van der Waals surface area contributed by atoms with Crippen molar-refractivity contribution in [2.45, 2.75) is 19.9 Å². The van der Waals surface area contributed by atoms with Gasteiger partial charge in [-0.05, 0) is 48.2 Å². The Morgan fingerprint density at radius 2 is 1.53 bits per heavy atom. The van der Waals surface area contributed by atoms with Crippen molar-refractivity contribution < 1.29 is 4.74 Å². The summed E-state index contributed by atoms with van der Waals surface area (Å²) in [6.07, 6.45) is 0. The largest absolute Gasteiger partial charge is 0.497 e. The van der Waals surface area contributed by atoms with Crippen LogP contribution in [0.3, 0.4) is 0 Å². The Labute approximate surface area is 122 Å². The predicted octanol–water partition coefficient (Wildman–Crippen LogP) is 4.12. The topological polar surface area (TPSA) is 35.2 Å². The summed E-state index contributed by atoms with van der Waals surface area (Å²) in [5.41, 5.74) is 11.0. The van der Waals surface area contributed by atoms with Crippen LogP contribution < -0.4 is 10.5 Å². The summed E-state index contributed by atoms with van der Waals surface area (Å²) in [4.78, 5) is 0. The summed E-state index contributed by atoms with van der Waals surface area (Å²) in [6.45, 7) is 4.17. The lowest BCUT2D eigenvalue weighted by molar-refractivity contribution is 0.414. The van der Waals surface area contributed by atoms with Crippen LogP contribution in [-0.4, -0.2) is 7.11 Å². The van der Waals surface area contributed by atoms with E-state index < -0.39 is 0 Å². The monoisotopic (exact) mass is 319 g/mol. The van der Waals surface area contributed by atoms with Crippen LogP contribution in [0.5, 0.6) is 5.75 Å². The molecule has 3 heteroatoms. The maximum absolute atomic E-state index is 6.34. The van der Waals surface area contributed by atoms with Crippen LogP contribution in [0, 0.1) is 13.8 Å². The highest BCUT2D eigenvalue weighted by molar-refractivity contribution is 9.10. The number of hydrogen-bond donors (Lipinski definition) is 1. The fraction of sp³-hybridized carbons (Fsp3) is 0.250. The van der Waals surface area contributed by atoms with Crippen molar-refractivity contribution in [2.24, 2.45) is 5.73 Å². The van der Waals surface area contributed by atoms with Gasteiger partial charge in [-0.25, -0.2) is 0 Å². The normalized spacial score (nSPS) is 12.3. The van der Waals surface area contributed by atoms with Gasteiger partial charge >= 0.3 is 0 Å². The second-order valence-electron chi connectivity index (χ2n) is 4.72. The van der Waals surface area contributed by atoms with Gasteiger partial charge in [0.05, 0.1) is 13.2 Å². The number of rotatable bonds is 3. The highest BCUT2D eigenvalue weighted by atomic mass is 79.9. The third-order valence-electron chi connectivity index (χ3n) is 3.29. The first-order valence-corrected chi connectivity index (χ1v) is 6.98. The van der Waals surface area contributed by atoms with E-state index in [1.165, 1.54) is 11.1 Å². The molecule has 1 unspecified atom stereocenters. The molecule has 0 aliphatic heterocycles. The number of nitrogens with two attached hydrogens (primary N) is 1. The van der Waals surface area contributed by atoms with Crippen molar-refractivity contribution in [3.05, 3.63) is 63.1 Å². The zero-order valence-electron chi connectivity index (χ0n) is 11.4. The summed E-state index contributed by atoms with van der Waals surface area (Å²) in [6, 6.07) is 12.0. The van der Waals surface area contributed by atoms with Gasteiger partial charge in [0.25, 0.3) is 0 Å². The Morgan fingerprint density at radius 3 is 2.00 bits per heavy atom. The van der Waals surface area contributed by atoms with E-state index >= 15 is 0 Å². The summed E-state index contributed by atoms with van der Waals surface area (Å²) < 4.78 is 6.31. The number of halogens is 1. The van der Waals surface area contributed by atoms with Crippen molar-refractivity contribution in [3.63, 3.8) is 0 Å². The zero-order chi connectivity index (χ0) is 14.0. The van der Waals surface area contributed by atoms with Gasteiger partial charge in [0.2, 0.25) is 0 Å². The number of hydrogen-bond acceptors (Lipinski definition) is 2. The lowest BCUT2D eigenvalue weighted by Gasteiger charge is -2.16. The fourth-order valence-corrected chi connectivity index (χ4v) is 2.39. The highest BCUT2D eigenvalue weighted by Crippen LogP contribution is 2.28. The molecule has 0 saturated carbocycles. The molecule has 0 spiro atoms. The van der Waals surface area contributed by atoms with E-state index in [1.807, 2.05) is 24.3 Å². The lowest BCUT2D eigenvalue weighted by Crippen LogP contribution is -2.12. The molecule has 2 nitrogen and oxygen atoms in total. The molecule has 0 bridgehead atoms. The van der Waals surface area contributed by atoms with Crippen LogP contribution in [0.25, 0.3) is 0 Å². The second kappa shape index (κ2) is 5.76. The number of ether oxygens (including phenoxy) is 1. The van der Waals surface area contributed by atoms with Crippen LogP contribution >= 0.6 is 15.9 Å². The Balaban J connectivity index is 2.35. The van der Waals surface area contributed by atoms with Crippen molar-refractivity contribution in [2.75, 3.05) is 7.11 Å². The average Bonchev–Trinajstić information content (AvgIpc) is 2.43. The smallest absolute Gasteiger partial charge is 0.118 e. The van der Waals surface area contributed by atoms with Crippen molar-refractivity contribution in [1.82, 2.24) is 0 Å². The molecule has 0 aliphatic carbocycles. The minimum Gasteiger partial charge on any atom is -0.497 e. The number of benzene rings is 2. The van der Waals surface area contributed by atoms with E-state index in [9.17, 15) is 0 Å². The van der Waals surface area contributed by atoms with E-state index in [0.717, 1.165) is 21.3 Å². The maximum Gasteiger partial charge on any atom is 0.118 e. The molecule has 0 amide bonds. The molecule has 2 N–H and O–H groups in total. The first-order chi connectivity index (χ1) is 9.02. The molecule has 100 valence electrons. The van der Waals surface area contributed by atoms with E-state index in [4.69, 9.17) is 10.5 Å². The zero-order valence-corrected chi connectivity index (χ0v) is 13.0. The third-order valence-corrected chi connectivity index (χ3v) is 4.54. The third kappa shape index (κ3) is 2.99. The van der Waals surface area contributed by atoms with Gasteiger partial charge in [-0.15, -0.1) is 0 Å². The van der Waals surface area contributed by atoms with Crippen molar-refractivity contribution >= 4 is 15.9 Å². The number of aryl methyl sites for hydroxylation is 2. The standard InChI is InChI=1S/C16H18BrNO/c1-10-8-13(9-11(2)15(10)17)16(18)12-4-6-14(19-3)7-5-12/h4-9,16H,18H2,1-3H3. The quantitative estimate of drug-likeness (QED) is 0.923. The fourth-order valence-electron chi connectivity index (χ4n) is 2.16. The number of methoxy groups -OCH3 is 1. The Bertz CT molecular complexity index is 555. The summed E-state index contributed by atoms with van der Waals surface area (Å²) in [5, 5.41) is 0. The van der Waals surface area contributed by atoms with E-state index in [1.54, 1.807) is 7.11 Å². The molecule has 0 radical (unpaired) electrons. The van der Waals surface area contributed by atoms with Crippen LogP contribution in [-0.2, 0) is 0 Å². The van der Waals surface area contributed by atoms with Crippen LogP contribution in [0.1, 0.15) is 28.3 Å². The molecule has 0 aromatic heterocycles. The first-order valence-electron chi connectivity index (χ1n) is 6.19. The molecular weight excluding hydrogens is 302 g/mol. The molecule has 0 aliphatic rings. The average molecular weight is 320 g/mol. The molecule has 1 atom stereocenters. The van der Waals surface area contributed by atoms with E-state index in [0.29, 0.717) is 0 Å². The first kappa shape index (κ1) is 14.1. The molecule has 2 rings (SSSR count). The van der Waals surface area contributed by atoms with Crippen LogP contribution in [0.2, 0.25) is 0 Å². The minimum atomic E-state index is -0.114. The molecule has 2 aromatic rings. The molecular formula is C16H18BrNO. The van der Waals surface area contributed by atoms with Crippen molar-refractivity contribution in [1.29, 1.82) is 0 Å². The Morgan fingerprint density at radius 1 is 1.00 bits per heavy atom. The molecule has 0 heterocycles. The summed E-state index contributed by atoms with van der Waals surface area (Å²) in [7, 11) is 1.66. The van der Waals surface area contributed by atoms with Gasteiger partial charge in [-0.1, -0.05) is 40.2 Å². The Hall–Kier alpha value is -1.32. The van der Waals surface area contributed by atoms with Crippen molar-refractivity contribution in [3.8, 4) is 5.75 Å². The van der Waals surface area contributed by atoms with Gasteiger partial charge in [0, 0.05) is 4.47 Å². The highest BCUT2D eigenvalue weighted by Gasteiger charge is 2.11. The van der Waals surface area contributed by atoms with Crippen LogP contribution in [0.4, 0.5) is 0 Å². The van der Waals surface area contributed by atoms with Gasteiger partial charge in [-0.3, -0.25) is 0 Å². The van der Waals surface area contributed by atoms with Gasteiger partial charge in [-0.2, -0.15) is 0 Å². The summed E-state index contributed by atoms with van der Waals surface area (Å²) >= 11 is 3.58. The van der Waals surface area contributed by atoms with E-state index in [2.05, 4.69) is 41.9 Å². The maximum atomic E-state index is 6.34. The van der Waals surface area contributed by atoms with E-state index in [-0.39, 0.29) is 6.04 Å². The Kier molecular flexibility index (Phi) is 4.27. The van der Waals surface area contributed by atoms with Gasteiger partial charge < -0.3 is 10.5 Å². The van der Waals surface area contributed by atoms with Gasteiger partial charge in [0.1, 0.15) is 5.75 Å².